The first-order valence-corrected chi connectivity index (χ1v) is 10.7. The molecule has 0 aliphatic carbocycles. The van der Waals surface area contributed by atoms with Crippen molar-refractivity contribution in [3.05, 3.63) is 59.4 Å². The van der Waals surface area contributed by atoms with Crippen molar-refractivity contribution in [2.45, 2.75) is 44.0 Å². The van der Waals surface area contributed by atoms with Gasteiger partial charge in [-0.05, 0) is 62.1 Å². The molecule has 6 heteroatoms. The normalized spacial score (nSPS) is 14.7. The Morgan fingerprint density at radius 3 is 2.64 bits per heavy atom. The summed E-state index contributed by atoms with van der Waals surface area (Å²) in [5, 5.41) is 3.05. The molecule has 3 rings (SSSR count). The molecule has 148 valence electrons. The van der Waals surface area contributed by atoms with Crippen LogP contribution in [0.4, 0.5) is 0 Å². The third kappa shape index (κ3) is 5.58. The van der Waals surface area contributed by atoms with Gasteiger partial charge in [-0.1, -0.05) is 6.07 Å². The average molecular weight is 398 g/mol. The van der Waals surface area contributed by atoms with E-state index in [1.807, 2.05) is 4.90 Å². The molecule has 0 spiro atoms. The quantitative estimate of drug-likeness (QED) is 0.757. The van der Waals surface area contributed by atoms with Crippen LogP contribution in [-0.4, -0.2) is 46.6 Å². The van der Waals surface area contributed by atoms with E-state index < -0.39 is 0 Å². The fraction of sp³-hybridized carbons (Fsp3) is 0.409. The third-order valence-corrected chi connectivity index (χ3v) is 6.17. The highest BCUT2D eigenvalue weighted by Crippen LogP contribution is 2.22. The summed E-state index contributed by atoms with van der Waals surface area (Å²) in [6.07, 6.45) is 5.36. The van der Waals surface area contributed by atoms with Crippen LogP contribution in [0.2, 0.25) is 0 Å². The molecule has 0 bridgehead atoms. The summed E-state index contributed by atoms with van der Waals surface area (Å²) in [7, 11) is 0. The molecule has 0 unspecified atom stereocenters. The molecular formula is C22H27N3O2S. The number of carbonyl (C=O) groups is 2. The van der Waals surface area contributed by atoms with Crippen molar-refractivity contribution in [1.29, 1.82) is 0 Å². The van der Waals surface area contributed by atoms with Crippen LogP contribution in [0.15, 0.2) is 47.6 Å². The number of rotatable bonds is 6. The van der Waals surface area contributed by atoms with Crippen molar-refractivity contribution >= 4 is 23.6 Å². The van der Waals surface area contributed by atoms with Crippen LogP contribution in [0.5, 0.6) is 0 Å². The van der Waals surface area contributed by atoms with Gasteiger partial charge in [0.25, 0.3) is 5.91 Å². The molecule has 1 N–H and O–H groups in total. The molecular weight excluding hydrogens is 370 g/mol. The predicted molar refractivity (Wildman–Crippen MR) is 113 cm³/mol. The Morgan fingerprint density at radius 2 is 1.96 bits per heavy atom. The maximum absolute atomic E-state index is 12.5. The SMILES string of the molecule is Cc1ccc(SCCC(=O)N2CCC(NC(=O)c3cccnc3)CC2)cc1C. The van der Waals surface area contributed by atoms with Crippen molar-refractivity contribution < 1.29 is 9.59 Å². The summed E-state index contributed by atoms with van der Waals surface area (Å²) in [6.45, 7) is 5.62. The summed E-state index contributed by atoms with van der Waals surface area (Å²) >= 11 is 1.73. The highest BCUT2D eigenvalue weighted by atomic mass is 32.2. The van der Waals surface area contributed by atoms with Crippen molar-refractivity contribution in [3.63, 3.8) is 0 Å². The summed E-state index contributed by atoms with van der Waals surface area (Å²) in [4.78, 5) is 31.8. The molecule has 1 aliphatic heterocycles. The molecule has 2 amide bonds. The molecule has 1 aromatic heterocycles. The van der Waals surface area contributed by atoms with Crippen molar-refractivity contribution in [2.24, 2.45) is 0 Å². The lowest BCUT2D eigenvalue weighted by Gasteiger charge is -2.32. The number of piperidine rings is 1. The van der Waals surface area contributed by atoms with Gasteiger partial charge < -0.3 is 10.2 Å². The van der Waals surface area contributed by atoms with Crippen LogP contribution in [-0.2, 0) is 4.79 Å². The number of carbonyl (C=O) groups excluding carboxylic acids is 2. The number of likely N-dealkylation sites (tertiary alicyclic amines) is 1. The van der Waals surface area contributed by atoms with Gasteiger partial charge in [0.2, 0.25) is 5.91 Å². The Labute approximate surface area is 170 Å². The van der Waals surface area contributed by atoms with Gasteiger partial charge in [-0.15, -0.1) is 11.8 Å². The standard InChI is InChI=1S/C22H27N3O2S/c1-16-5-6-20(14-17(16)2)28-13-9-21(26)25-11-7-19(8-12-25)24-22(27)18-4-3-10-23-15-18/h3-6,10,14-15,19H,7-9,11-13H2,1-2H3,(H,24,27). The second-order valence-electron chi connectivity index (χ2n) is 7.21. The van der Waals surface area contributed by atoms with Gasteiger partial charge in [0.05, 0.1) is 5.56 Å². The van der Waals surface area contributed by atoms with Gasteiger partial charge in [0.1, 0.15) is 0 Å². The minimum absolute atomic E-state index is 0.0948. The number of nitrogens with one attached hydrogen (secondary N) is 1. The summed E-state index contributed by atoms with van der Waals surface area (Å²) in [5.74, 6) is 0.898. The van der Waals surface area contributed by atoms with E-state index in [1.54, 1.807) is 36.3 Å². The monoisotopic (exact) mass is 397 g/mol. The summed E-state index contributed by atoms with van der Waals surface area (Å²) in [5.41, 5.74) is 3.15. The Balaban J connectivity index is 1.38. The topological polar surface area (TPSA) is 62.3 Å². The first-order chi connectivity index (χ1) is 13.5. The number of hydrogen-bond acceptors (Lipinski definition) is 4. The van der Waals surface area contributed by atoms with Gasteiger partial charge in [0.15, 0.2) is 0 Å². The Kier molecular flexibility index (Phi) is 7.09. The van der Waals surface area contributed by atoms with E-state index in [9.17, 15) is 9.59 Å². The zero-order valence-corrected chi connectivity index (χ0v) is 17.3. The number of amides is 2. The molecule has 2 heterocycles. The fourth-order valence-corrected chi connectivity index (χ4v) is 4.19. The molecule has 0 radical (unpaired) electrons. The number of nitrogens with zero attached hydrogens (tertiary/aromatic N) is 2. The highest BCUT2D eigenvalue weighted by Gasteiger charge is 2.24. The second kappa shape index (κ2) is 9.73. The van der Waals surface area contributed by atoms with Crippen molar-refractivity contribution in [3.8, 4) is 0 Å². The molecule has 1 aliphatic rings. The minimum Gasteiger partial charge on any atom is -0.349 e. The molecule has 5 nitrogen and oxygen atoms in total. The third-order valence-electron chi connectivity index (χ3n) is 5.17. The highest BCUT2D eigenvalue weighted by molar-refractivity contribution is 7.99. The van der Waals surface area contributed by atoms with Crippen LogP contribution in [0.25, 0.3) is 0 Å². The van der Waals surface area contributed by atoms with E-state index in [0.29, 0.717) is 25.1 Å². The van der Waals surface area contributed by atoms with Gasteiger partial charge in [-0.3, -0.25) is 14.6 Å². The lowest BCUT2D eigenvalue weighted by molar-refractivity contribution is -0.131. The first kappa shape index (κ1) is 20.4. The molecule has 0 saturated carbocycles. The minimum atomic E-state index is -0.0948. The molecule has 2 aromatic rings. The van der Waals surface area contributed by atoms with Crippen molar-refractivity contribution in [2.75, 3.05) is 18.8 Å². The lowest BCUT2D eigenvalue weighted by Crippen LogP contribution is -2.46. The van der Waals surface area contributed by atoms with E-state index in [0.717, 1.165) is 18.6 Å². The van der Waals surface area contributed by atoms with Gasteiger partial charge >= 0.3 is 0 Å². The number of aryl methyl sites for hydroxylation is 2. The Hall–Kier alpha value is -2.34. The zero-order chi connectivity index (χ0) is 19.9. The van der Waals surface area contributed by atoms with E-state index in [2.05, 4.69) is 42.3 Å². The fourth-order valence-electron chi connectivity index (χ4n) is 3.26. The van der Waals surface area contributed by atoms with Crippen LogP contribution in [0.3, 0.4) is 0 Å². The number of thioether (sulfide) groups is 1. The average Bonchev–Trinajstić information content (AvgIpc) is 2.71. The maximum Gasteiger partial charge on any atom is 0.253 e. The largest absolute Gasteiger partial charge is 0.349 e. The van der Waals surface area contributed by atoms with E-state index in [-0.39, 0.29) is 17.9 Å². The van der Waals surface area contributed by atoms with E-state index >= 15 is 0 Å². The zero-order valence-electron chi connectivity index (χ0n) is 16.5. The van der Waals surface area contributed by atoms with E-state index in [4.69, 9.17) is 0 Å². The van der Waals surface area contributed by atoms with Crippen molar-refractivity contribution in [1.82, 2.24) is 15.2 Å². The maximum atomic E-state index is 12.5. The molecule has 1 saturated heterocycles. The molecule has 0 atom stereocenters. The molecule has 28 heavy (non-hydrogen) atoms. The smallest absolute Gasteiger partial charge is 0.253 e. The summed E-state index contributed by atoms with van der Waals surface area (Å²) < 4.78 is 0. The number of aromatic nitrogens is 1. The van der Waals surface area contributed by atoms with Crippen LogP contribution in [0.1, 0.15) is 40.7 Å². The van der Waals surface area contributed by atoms with E-state index in [1.165, 1.54) is 16.0 Å². The van der Waals surface area contributed by atoms with Crippen LogP contribution in [0, 0.1) is 13.8 Å². The van der Waals surface area contributed by atoms with Gasteiger partial charge in [-0.2, -0.15) is 0 Å². The predicted octanol–water partition coefficient (Wildman–Crippen LogP) is 3.60. The van der Waals surface area contributed by atoms with Gasteiger partial charge in [0, 0.05) is 48.6 Å². The lowest BCUT2D eigenvalue weighted by atomic mass is 10.0. The number of benzene rings is 1. The van der Waals surface area contributed by atoms with Crippen LogP contribution >= 0.6 is 11.8 Å². The van der Waals surface area contributed by atoms with Crippen LogP contribution < -0.4 is 5.32 Å². The van der Waals surface area contributed by atoms with Gasteiger partial charge in [-0.25, -0.2) is 0 Å². The number of pyridine rings is 1. The second-order valence-corrected chi connectivity index (χ2v) is 8.38. The molecule has 1 fully saturated rings. The molecule has 1 aromatic carbocycles. The first-order valence-electron chi connectivity index (χ1n) is 9.71. The Morgan fingerprint density at radius 1 is 1.18 bits per heavy atom. The number of hydrogen-bond donors (Lipinski definition) is 1. The Bertz CT molecular complexity index is 818. The summed E-state index contributed by atoms with van der Waals surface area (Å²) in [6, 6.07) is 10.1.